The number of carbonyl (C=O) groups excluding carboxylic acids is 1. The predicted molar refractivity (Wildman–Crippen MR) is 84.2 cm³/mol. The highest BCUT2D eigenvalue weighted by Crippen LogP contribution is 2.47. The molecule has 114 valence electrons. The van der Waals surface area contributed by atoms with Gasteiger partial charge in [0.25, 0.3) is 0 Å². The summed E-state index contributed by atoms with van der Waals surface area (Å²) in [4.78, 5) is 11.4. The molecule has 0 radical (unpaired) electrons. The monoisotopic (exact) mass is 307 g/mol. The summed E-state index contributed by atoms with van der Waals surface area (Å²) in [6.07, 6.45) is 1.82. The fourth-order valence-electron chi connectivity index (χ4n) is 2.27. The summed E-state index contributed by atoms with van der Waals surface area (Å²) < 4.78 is 18.8. The molecule has 0 aromatic heterocycles. The van der Waals surface area contributed by atoms with E-state index in [1.165, 1.54) is 7.11 Å². The lowest BCUT2D eigenvalue weighted by molar-refractivity contribution is 0.0600. The van der Waals surface area contributed by atoms with Gasteiger partial charge in [0.1, 0.15) is 11.0 Å². The number of rotatable bonds is 4. The molecule has 1 fully saturated rings. The Kier molecular flexibility index (Phi) is 4.35. The molecule has 0 saturated carbocycles. The molecule has 0 bridgehead atoms. The normalized spacial score (nSPS) is 26.0. The first-order chi connectivity index (χ1) is 9.81. The summed E-state index contributed by atoms with van der Waals surface area (Å²) in [5.74, 6) is -0.354. The zero-order valence-corrected chi connectivity index (χ0v) is 13.6. The third kappa shape index (κ3) is 3.09. The maximum atomic E-state index is 12.5. The average molecular weight is 307 g/mol. The van der Waals surface area contributed by atoms with Crippen LogP contribution in [-0.2, 0) is 15.7 Å². The second-order valence-corrected chi connectivity index (χ2v) is 8.15. The number of esters is 1. The van der Waals surface area contributed by atoms with Crippen molar-refractivity contribution < 1.29 is 13.7 Å². The molecule has 21 heavy (non-hydrogen) atoms. The zero-order chi connectivity index (χ0) is 15.8. The van der Waals surface area contributed by atoms with Crippen LogP contribution >= 0.6 is 0 Å². The Morgan fingerprint density at radius 2 is 1.90 bits per heavy atom. The van der Waals surface area contributed by atoms with Gasteiger partial charge < -0.3 is 4.74 Å². The molecule has 4 atom stereocenters. The predicted octanol–water partition coefficient (Wildman–Crippen LogP) is 2.85. The van der Waals surface area contributed by atoms with Crippen LogP contribution in [0.15, 0.2) is 36.9 Å². The first-order valence-electron chi connectivity index (χ1n) is 6.82. The van der Waals surface area contributed by atoms with Crippen molar-refractivity contribution in [3.8, 4) is 0 Å². The fraction of sp³-hybridized carbons (Fsp3) is 0.438. The van der Waals surface area contributed by atoms with Gasteiger partial charge in [0.2, 0.25) is 0 Å². The second-order valence-electron chi connectivity index (χ2n) is 6.01. The SMILES string of the molecule is C=C[C@@H]1[C@@H](c2ccc(C(=O)OC)cc2)N1S(=O)C(C)(C)C. The molecule has 1 aromatic rings. The number of hydrogen-bond donors (Lipinski definition) is 0. The Morgan fingerprint density at radius 1 is 1.33 bits per heavy atom. The van der Waals surface area contributed by atoms with Gasteiger partial charge in [-0.05, 0) is 38.5 Å². The van der Waals surface area contributed by atoms with E-state index >= 15 is 0 Å². The number of benzene rings is 1. The van der Waals surface area contributed by atoms with Crippen molar-refractivity contribution in [1.29, 1.82) is 0 Å². The summed E-state index contributed by atoms with van der Waals surface area (Å²) in [5, 5.41) is 0. The first kappa shape index (κ1) is 15.9. The lowest BCUT2D eigenvalue weighted by atomic mass is 10.1. The van der Waals surface area contributed by atoms with Crippen LogP contribution in [0.5, 0.6) is 0 Å². The summed E-state index contributed by atoms with van der Waals surface area (Å²) in [6, 6.07) is 7.37. The van der Waals surface area contributed by atoms with Crippen LogP contribution in [0.2, 0.25) is 0 Å². The van der Waals surface area contributed by atoms with E-state index in [0.717, 1.165) is 5.56 Å². The third-order valence-corrected chi connectivity index (χ3v) is 5.33. The quantitative estimate of drug-likeness (QED) is 0.488. The van der Waals surface area contributed by atoms with E-state index < -0.39 is 11.0 Å². The minimum atomic E-state index is -1.08. The fourth-order valence-corrected chi connectivity index (χ4v) is 3.72. The minimum absolute atomic E-state index is 0.0641. The molecule has 1 heterocycles. The Labute approximate surface area is 128 Å². The molecule has 5 heteroatoms. The van der Waals surface area contributed by atoms with E-state index in [1.807, 2.05) is 43.3 Å². The lowest BCUT2D eigenvalue weighted by Gasteiger charge is -2.18. The molecular formula is C16H21NO3S. The van der Waals surface area contributed by atoms with Crippen LogP contribution in [0.25, 0.3) is 0 Å². The molecular weight excluding hydrogens is 286 g/mol. The van der Waals surface area contributed by atoms with Gasteiger partial charge in [0, 0.05) is 0 Å². The molecule has 0 aliphatic carbocycles. The molecule has 1 aliphatic heterocycles. The van der Waals surface area contributed by atoms with E-state index in [4.69, 9.17) is 0 Å². The lowest BCUT2D eigenvalue weighted by Crippen LogP contribution is -2.28. The molecule has 4 nitrogen and oxygen atoms in total. The summed E-state index contributed by atoms with van der Waals surface area (Å²) in [7, 11) is 0.276. The van der Waals surface area contributed by atoms with Gasteiger partial charge in [-0.25, -0.2) is 13.3 Å². The van der Waals surface area contributed by atoms with Crippen molar-refractivity contribution in [1.82, 2.24) is 4.31 Å². The number of ether oxygens (including phenoxy) is 1. The van der Waals surface area contributed by atoms with Crippen LogP contribution in [-0.4, -0.2) is 32.4 Å². The van der Waals surface area contributed by atoms with Crippen LogP contribution in [0, 0.1) is 0 Å². The molecule has 2 unspecified atom stereocenters. The van der Waals surface area contributed by atoms with Crippen LogP contribution < -0.4 is 0 Å². The molecule has 0 N–H and O–H groups in total. The Balaban J connectivity index is 2.20. The maximum absolute atomic E-state index is 12.5. The van der Waals surface area contributed by atoms with Crippen LogP contribution in [0.3, 0.4) is 0 Å². The van der Waals surface area contributed by atoms with Gasteiger partial charge >= 0.3 is 5.97 Å². The Morgan fingerprint density at radius 3 is 2.33 bits per heavy atom. The highest BCUT2D eigenvalue weighted by molar-refractivity contribution is 7.84. The molecule has 0 amide bonds. The smallest absolute Gasteiger partial charge is 0.337 e. The van der Waals surface area contributed by atoms with Crippen LogP contribution in [0.4, 0.5) is 0 Å². The van der Waals surface area contributed by atoms with Gasteiger partial charge in [0.05, 0.1) is 29.5 Å². The molecule has 1 aliphatic rings. The van der Waals surface area contributed by atoms with Crippen LogP contribution in [0.1, 0.15) is 42.7 Å². The molecule has 1 saturated heterocycles. The van der Waals surface area contributed by atoms with Crippen molar-refractivity contribution >= 4 is 17.0 Å². The van der Waals surface area contributed by atoms with E-state index in [1.54, 1.807) is 12.1 Å². The van der Waals surface area contributed by atoms with E-state index in [-0.39, 0.29) is 22.8 Å². The highest BCUT2D eigenvalue weighted by atomic mass is 32.2. The molecule has 2 rings (SSSR count). The van der Waals surface area contributed by atoms with E-state index in [0.29, 0.717) is 5.56 Å². The minimum Gasteiger partial charge on any atom is -0.465 e. The standard InChI is InChI=1S/C16H21NO3S/c1-6-13-14(17(13)21(19)16(2,3)4)11-7-9-12(10-8-11)15(18)20-5/h6-10,13-14H,1H2,2-5H3/t13-,14-,17?,21?/m1/s1. The van der Waals surface area contributed by atoms with Crippen molar-refractivity contribution in [3.63, 3.8) is 0 Å². The average Bonchev–Trinajstić information content (AvgIpc) is 3.18. The van der Waals surface area contributed by atoms with Crippen molar-refractivity contribution in [2.45, 2.75) is 37.6 Å². The summed E-state index contributed by atoms with van der Waals surface area (Å²) in [5.41, 5.74) is 1.55. The summed E-state index contributed by atoms with van der Waals surface area (Å²) >= 11 is 0. The number of methoxy groups -OCH3 is 1. The molecule has 0 spiro atoms. The third-order valence-electron chi connectivity index (χ3n) is 3.43. The van der Waals surface area contributed by atoms with Gasteiger partial charge in [-0.2, -0.15) is 0 Å². The van der Waals surface area contributed by atoms with E-state index in [2.05, 4.69) is 11.3 Å². The molecule has 1 aromatic carbocycles. The van der Waals surface area contributed by atoms with Crippen molar-refractivity contribution in [2.24, 2.45) is 0 Å². The van der Waals surface area contributed by atoms with Crippen molar-refractivity contribution in [2.75, 3.05) is 7.11 Å². The van der Waals surface area contributed by atoms with Gasteiger partial charge in [-0.15, -0.1) is 6.58 Å². The van der Waals surface area contributed by atoms with Gasteiger partial charge in [-0.1, -0.05) is 18.2 Å². The van der Waals surface area contributed by atoms with Gasteiger partial charge in [0.15, 0.2) is 0 Å². The Hall–Kier alpha value is -1.46. The highest BCUT2D eigenvalue weighted by Gasteiger charge is 2.52. The Bertz CT molecular complexity index is 574. The topological polar surface area (TPSA) is 46.4 Å². The first-order valence-corrected chi connectivity index (χ1v) is 7.93. The zero-order valence-electron chi connectivity index (χ0n) is 12.8. The number of nitrogens with zero attached hydrogens (tertiary/aromatic N) is 1. The van der Waals surface area contributed by atoms with Gasteiger partial charge in [-0.3, -0.25) is 0 Å². The largest absolute Gasteiger partial charge is 0.465 e. The maximum Gasteiger partial charge on any atom is 0.337 e. The summed E-state index contributed by atoms with van der Waals surface area (Å²) in [6.45, 7) is 9.69. The van der Waals surface area contributed by atoms with Crippen molar-refractivity contribution in [3.05, 3.63) is 48.0 Å². The number of hydrogen-bond acceptors (Lipinski definition) is 3. The second kappa shape index (κ2) is 5.73. The number of carbonyl (C=O) groups is 1. The van der Waals surface area contributed by atoms with E-state index in [9.17, 15) is 9.00 Å².